The average molecular weight is 473 g/mol. The summed E-state index contributed by atoms with van der Waals surface area (Å²) in [4.78, 5) is 26.9. The molecule has 6 nitrogen and oxygen atoms in total. The fraction of sp³-hybridized carbons (Fsp3) is 0.360. The van der Waals surface area contributed by atoms with Gasteiger partial charge in [-0.2, -0.15) is 0 Å². The van der Waals surface area contributed by atoms with Crippen molar-refractivity contribution in [1.29, 1.82) is 0 Å². The molecule has 3 rings (SSSR count). The third-order valence-corrected chi connectivity index (χ3v) is 5.62. The van der Waals surface area contributed by atoms with E-state index in [4.69, 9.17) is 11.6 Å². The number of halogens is 2. The predicted molar refractivity (Wildman–Crippen MR) is 123 cm³/mol. The van der Waals surface area contributed by atoms with Crippen molar-refractivity contribution >= 4 is 23.4 Å². The van der Waals surface area contributed by atoms with Gasteiger partial charge in [-0.15, -0.1) is 0 Å². The van der Waals surface area contributed by atoms with E-state index in [2.05, 4.69) is 17.2 Å². The lowest BCUT2D eigenvalue weighted by Crippen LogP contribution is -2.54. The van der Waals surface area contributed by atoms with Gasteiger partial charge in [0.1, 0.15) is 5.82 Å². The van der Waals surface area contributed by atoms with Crippen molar-refractivity contribution in [2.75, 3.05) is 6.54 Å². The summed E-state index contributed by atoms with van der Waals surface area (Å²) in [5.74, 6) is 3.62. The van der Waals surface area contributed by atoms with E-state index in [1.165, 1.54) is 29.2 Å². The maximum atomic E-state index is 13.0. The number of nitrogens with zero attached hydrogens (tertiary/aromatic N) is 1. The second kappa shape index (κ2) is 10.3. The molecule has 1 aliphatic rings. The largest absolute Gasteiger partial charge is 0.380 e. The Morgan fingerprint density at radius 2 is 1.88 bits per heavy atom. The number of rotatable bonds is 5. The van der Waals surface area contributed by atoms with E-state index in [0.717, 1.165) is 12.0 Å². The van der Waals surface area contributed by atoms with E-state index in [0.29, 0.717) is 23.6 Å². The fourth-order valence-electron chi connectivity index (χ4n) is 3.71. The Kier molecular flexibility index (Phi) is 7.75. The second-order valence-corrected chi connectivity index (χ2v) is 8.94. The van der Waals surface area contributed by atoms with Crippen molar-refractivity contribution in [3.63, 3.8) is 0 Å². The van der Waals surface area contributed by atoms with Gasteiger partial charge in [-0.05, 0) is 68.7 Å². The SMILES string of the molecule is CC(C)(C#Cc1ccc(F)cc1)NC(=O)[C@H](O)[C@@H](O)C(=O)N1CCCC1c1cccc(Cl)c1. The first kappa shape index (κ1) is 24.7. The smallest absolute Gasteiger partial charge is 0.255 e. The molecule has 1 aliphatic heterocycles. The van der Waals surface area contributed by atoms with Gasteiger partial charge in [0.05, 0.1) is 11.6 Å². The van der Waals surface area contributed by atoms with Gasteiger partial charge in [0, 0.05) is 17.1 Å². The molecule has 2 aromatic carbocycles. The van der Waals surface area contributed by atoms with Crippen LogP contribution in [0, 0.1) is 17.7 Å². The third kappa shape index (κ3) is 6.32. The molecule has 0 saturated carbocycles. The molecule has 0 aromatic heterocycles. The van der Waals surface area contributed by atoms with E-state index < -0.39 is 29.6 Å². The molecule has 0 radical (unpaired) electrons. The van der Waals surface area contributed by atoms with Crippen molar-refractivity contribution in [1.82, 2.24) is 10.2 Å². The van der Waals surface area contributed by atoms with Crippen LogP contribution in [0.15, 0.2) is 48.5 Å². The molecule has 0 spiro atoms. The van der Waals surface area contributed by atoms with Gasteiger partial charge in [-0.1, -0.05) is 35.6 Å². The average Bonchev–Trinajstić information content (AvgIpc) is 3.27. The van der Waals surface area contributed by atoms with E-state index in [9.17, 15) is 24.2 Å². The predicted octanol–water partition coefficient (Wildman–Crippen LogP) is 2.81. The number of benzene rings is 2. The van der Waals surface area contributed by atoms with Crippen molar-refractivity contribution in [2.45, 2.75) is 50.5 Å². The first-order valence-corrected chi connectivity index (χ1v) is 11.0. The molecule has 3 atom stereocenters. The highest BCUT2D eigenvalue weighted by atomic mass is 35.5. The highest BCUT2D eigenvalue weighted by Crippen LogP contribution is 2.33. The van der Waals surface area contributed by atoms with Crippen LogP contribution < -0.4 is 5.32 Å². The van der Waals surface area contributed by atoms with E-state index >= 15 is 0 Å². The molecule has 2 amide bonds. The molecular formula is C25H26ClFN2O4. The van der Waals surface area contributed by atoms with Crippen LogP contribution in [0.5, 0.6) is 0 Å². The van der Waals surface area contributed by atoms with Gasteiger partial charge in [0.25, 0.3) is 11.8 Å². The lowest BCUT2D eigenvalue weighted by molar-refractivity contribution is -0.154. The van der Waals surface area contributed by atoms with Gasteiger partial charge in [-0.25, -0.2) is 4.39 Å². The summed E-state index contributed by atoms with van der Waals surface area (Å²) in [7, 11) is 0. The Hall–Kier alpha value is -2.92. The van der Waals surface area contributed by atoms with Crippen LogP contribution in [0.25, 0.3) is 0 Å². The minimum absolute atomic E-state index is 0.292. The van der Waals surface area contributed by atoms with Crippen molar-refractivity contribution in [2.24, 2.45) is 0 Å². The molecule has 3 N–H and O–H groups in total. The highest BCUT2D eigenvalue weighted by Gasteiger charge is 2.39. The third-order valence-electron chi connectivity index (χ3n) is 5.39. The molecular weight excluding hydrogens is 447 g/mol. The van der Waals surface area contributed by atoms with Crippen LogP contribution in [0.3, 0.4) is 0 Å². The lowest BCUT2D eigenvalue weighted by atomic mass is 10.0. The molecule has 1 heterocycles. The summed E-state index contributed by atoms with van der Waals surface area (Å²) in [5, 5.41) is 23.9. The van der Waals surface area contributed by atoms with Crippen LogP contribution in [-0.2, 0) is 9.59 Å². The Morgan fingerprint density at radius 1 is 1.18 bits per heavy atom. The summed E-state index contributed by atoms with van der Waals surface area (Å²) in [6.07, 6.45) is -2.48. The molecule has 0 bridgehead atoms. The number of aliphatic hydroxyl groups excluding tert-OH is 2. The van der Waals surface area contributed by atoms with Crippen molar-refractivity contribution < 1.29 is 24.2 Å². The number of amides is 2. The molecule has 174 valence electrons. The first-order valence-electron chi connectivity index (χ1n) is 10.6. The number of hydrogen-bond acceptors (Lipinski definition) is 4. The molecule has 33 heavy (non-hydrogen) atoms. The fourth-order valence-corrected chi connectivity index (χ4v) is 3.91. The first-order chi connectivity index (χ1) is 15.6. The van der Waals surface area contributed by atoms with Crippen LogP contribution in [-0.4, -0.2) is 51.2 Å². The van der Waals surface area contributed by atoms with Gasteiger partial charge >= 0.3 is 0 Å². The van der Waals surface area contributed by atoms with Gasteiger partial charge < -0.3 is 20.4 Å². The number of aliphatic hydroxyl groups is 2. The summed E-state index contributed by atoms with van der Waals surface area (Å²) in [6.45, 7) is 3.62. The number of likely N-dealkylation sites (tertiary alicyclic amines) is 1. The zero-order chi connectivity index (χ0) is 24.2. The minimum Gasteiger partial charge on any atom is -0.380 e. The van der Waals surface area contributed by atoms with Crippen molar-refractivity contribution in [3.05, 3.63) is 70.5 Å². The van der Waals surface area contributed by atoms with Crippen LogP contribution >= 0.6 is 11.6 Å². The number of carbonyl (C=O) groups is 2. The number of hydrogen-bond donors (Lipinski definition) is 3. The monoisotopic (exact) mass is 472 g/mol. The molecule has 2 aromatic rings. The van der Waals surface area contributed by atoms with E-state index in [-0.39, 0.29) is 11.9 Å². The minimum atomic E-state index is -1.97. The van der Waals surface area contributed by atoms with Gasteiger partial charge in [-0.3, -0.25) is 9.59 Å². The van der Waals surface area contributed by atoms with Crippen LogP contribution in [0.2, 0.25) is 5.02 Å². The maximum Gasteiger partial charge on any atom is 0.255 e. The zero-order valence-corrected chi connectivity index (χ0v) is 19.1. The quantitative estimate of drug-likeness (QED) is 0.584. The summed E-state index contributed by atoms with van der Waals surface area (Å²) in [6, 6.07) is 12.4. The molecule has 1 unspecified atom stereocenters. The Labute approximate surface area is 197 Å². The Bertz CT molecular complexity index is 1080. The summed E-state index contributed by atoms with van der Waals surface area (Å²) in [5.41, 5.74) is 0.305. The van der Waals surface area contributed by atoms with Crippen LogP contribution in [0.1, 0.15) is 43.9 Å². The van der Waals surface area contributed by atoms with Gasteiger partial charge in [0.2, 0.25) is 0 Å². The topological polar surface area (TPSA) is 89.9 Å². The van der Waals surface area contributed by atoms with E-state index in [1.54, 1.807) is 32.0 Å². The lowest BCUT2D eigenvalue weighted by Gasteiger charge is -2.29. The normalized spacial score (nSPS) is 17.6. The zero-order valence-electron chi connectivity index (χ0n) is 18.4. The molecule has 1 fully saturated rings. The highest BCUT2D eigenvalue weighted by molar-refractivity contribution is 6.30. The standard InChI is InChI=1S/C25H26ClFN2O4/c1-25(2,13-12-16-8-10-19(27)11-9-16)28-23(32)21(30)22(31)24(33)29-14-4-7-20(29)17-5-3-6-18(26)15-17/h3,5-6,8-11,15,20-22,30-31H,4,7,14H2,1-2H3,(H,28,32)/t20?,21-,22-/m1/s1. The number of carbonyl (C=O) groups excluding carboxylic acids is 2. The summed E-state index contributed by atoms with van der Waals surface area (Å²) >= 11 is 6.06. The Morgan fingerprint density at radius 3 is 2.55 bits per heavy atom. The summed E-state index contributed by atoms with van der Waals surface area (Å²) < 4.78 is 13.0. The van der Waals surface area contributed by atoms with E-state index in [1.807, 2.05) is 6.07 Å². The Balaban J connectivity index is 1.65. The molecule has 0 aliphatic carbocycles. The van der Waals surface area contributed by atoms with Crippen molar-refractivity contribution in [3.8, 4) is 11.8 Å². The maximum absolute atomic E-state index is 13.0. The number of nitrogens with one attached hydrogen (secondary N) is 1. The van der Waals surface area contributed by atoms with Crippen LogP contribution in [0.4, 0.5) is 4.39 Å². The molecule has 1 saturated heterocycles. The van der Waals surface area contributed by atoms with Gasteiger partial charge in [0.15, 0.2) is 12.2 Å². The second-order valence-electron chi connectivity index (χ2n) is 8.51. The molecule has 8 heteroatoms.